The maximum atomic E-state index is 13.3. The molecular weight excluding hydrogens is 380 g/mol. The van der Waals surface area contributed by atoms with Crippen molar-refractivity contribution in [2.45, 2.75) is 31.6 Å². The van der Waals surface area contributed by atoms with Gasteiger partial charge in [-0.3, -0.25) is 4.79 Å². The lowest BCUT2D eigenvalue weighted by molar-refractivity contribution is -0.118. The van der Waals surface area contributed by atoms with Gasteiger partial charge in [0.25, 0.3) is 0 Å². The van der Waals surface area contributed by atoms with Gasteiger partial charge in [-0.25, -0.2) is 13.2 Å². The third kappa shape index (κ3) is 3.71. The molecule has 2 atom stereocenters. The normalized spacial score (nSPS) is 19.4. The Balaban J connectivity index is 2.10. The van der Waals surface area contributed by atoms with Crippen molar-refractivity contribution in [1.29, 1.82) is 0 Å². The predicted molar refractivity (Wildman–Crippen MR) is 104 cm³/mol. The third-order valence-corrected chi connectivity index (χ3v) is 6.56. The van der Waals surface area contributed by atoms with Crippen molar-refractivity contribution >= 4 is 26.7 Å². The number of ether oxygens (including phenoxy) is 2. The molecular formula is C21H20O6S. The number of carbonyl (C=O) groups excluding carboxylic acids is 2. The Morgan fingerprint density at radius 3 is 2.18 bits per heavy atom. The Bertz CT molecular complexity index is 1010. The molecule has 146 valence electrons. The fraction of sp³-hybridized carbons (Fsp3) is 0.238. The van der Waals surface area contributed by atoms with Crippen LogP contribution in [0.2, 0.25) is 0 Å². The molecule has 0 bridgehead atoms. The van der Waals surface area contributed by atoms with Gasteiger partial charge >= 0.3 is 6.16 Å². The summed E-state index contributed by atoms with van der Waals surface area (Å²) in [5, 5.41) is -1.46. The first kappa shape index (κ1) is 19.8. The summed E-state index contributed by atoms with van der Waals surface area (Å²) in [5.74, 6) is -1.29. The van der Waals surface area contributed by atoms with Crippen molar-refractivity contribution in [3.8, 4) is 0 Å². The zero-order valence-corrected chi connectivity index (χ0v) is 16.3. The molecule has 2 aromatic carbocycles. The molecule has 0 saturated carbocycles. The van der Waals surface area contributed by atoms with Crippen LogP contribution in [0.4, 0.5) is 4.79 Å². The summed E-state index contributed by atoms with van der Waals surface area (Å²) in [7, 11) is -4.11. The van der Waals surface area contributed by atoms with E-state index in [9.17, 15) is 18.0 Å². The highest BCUT2D eigenvalue weighted by Gasteiger charge is 2.50. The standard InChI is InChI=1S/C21H20O6S/c1-3-14(2)26-21(23)27-18-17(22)19(15-10-6-4-7-11-15)28(24,25)20(18)16-12-8-5-9-13-16/h4-14,19H,3H2,1-2H3. The molecule has 2 unspecified atom stereocenters. The van der Waals surface area contributed by atoms with Gasteiger partial charge in [0.05, 0.1) is 0 Å². The Morgan fingerprint density at radius 2 is 1.61 bits per heavy atom. The van der Waals surface area contributed by atoms with Crippen LogP contribution in [0.1, 0.15) is 36.6 Å². The van der Waals surface area contributed by atoms with E-state index < -0.39 is 38.9 Å². The van der Waals surface area contributed by atoms with Gasteiger partial charge in [0, 0.05) is 0 Å². The largest absolute Gasteiger partial charge is 0.514 e. The van der Waals surface area contributed by atoms with E-state index in [0.717, 1.165) is 0 Å². The number of sulfone groups is 1. The summed E-state index contributed by atoms with van der Waals surface area (Å²) in [6.07, 6.45) is -0.972. The van der Waals surface area contributed by atoms with Crippen molar-refractivity contribution in [1.82, 2.24) is 0 Å². The van der Waals surface area contributed by atoms with Crippen LogP contribution >= 0.6 is 0 Å². The number of benzene rings is 2. The van der Waals surface area contributed by atoms with E-state index in [1.165, 1.54) is 0 Å². The van der Waals surface area contributed by atoms with Crippen molar-refractivity contribution in [3.05, 3.63) is 77.5 Å². The van der Waals surface area contributed by atoms with Gasteiger partial charge < -0.3 is 9.47 Å². The van der Waals surface area contributed by atoms with Crippen molar-refractivity contribution in [3.63, 3.8) is 0 Å². The summed E-state index contributed by atoms with van der Waals surface area (Å²) >= 11 is 0. The average Bonchev–Trinajstić information content (AvgIpc) is 2.87. The van der Waals surface area contributed by atoms with Crippen LogP contribution in [0.15, 0.2) is 66.4 Å². The molecule has 0 fully saturated rings. The summed E-state index contributed by atoms with van der Waals surface area (Å²) in [6.45, 7) is 3.50. The topological polar surface area (TPSA) is 86.7 Å². The van der Waals surface area contributed by atoms with Crippen LogP contribution in [0.5, 0.6) is 0 Å². The lowest BCUT2D eigenvalue weighted by atomic mass is 10.1. The summed E-state index contributed by atoms with van der Waals surface area (Å²) in [5.41, 5.74) is 0.593. The zero-order chi connectivity index (χ0) is 20.3. The smallest absolute Gasteiger partial charge is 0.431 e. The first-order valence-corrected chi connectivity index (χ1v) is 10.4. The number of allylic oxidation sites excluding steroid dienone is 1. The minimum absolute atomic E-state index is 0.278. The van der Waals surface area contributed by atoms with Crippen LogP contribution in [0.3, 0.4) is 0 Å². The fourth-order valence-electron chi connectivity index (χ4n) is 2.91. The van der Waals surface area contributed by atoms with Gasteiger partial charge in [-0.15, -0.1) is 0 Å². The maximum Gasteiger partial charge on any atom is 0.514 e. The highest BCUT2D eigenvalue weighted by Crippen LogP contribution is 2.44. The molecule has 0 aliphatic carbocycles. The Morgan fingerprint density at radius 1 is 1.04 bits per heavy atom. The van der Waals surface area contributed by atoms with Crippen LogP contribution in [0, 0.1) is 0 Å². The molecule has 1 aliphatic heterocycles. The van der Waals surface area contributed by atoms with Crippen molar-refractivity contribution in [2.24, 2.45) is 0 Å². The second-order valence-corrected chi connectivity index (χ2v) is 8.38. The molecule has 3 rings (SSSR count). The van der Waals surface area contributed by atoms with E-state index in [2.05, 4.69) is 0 Å². The minimum atomic E-state index is -4.11. The lowest BCUT2D eigenvalue weighted by Crippen LogP contribution is -2.19. The number of hydrogen-bond donors (Lipinski definition) is 0. The number of Topliss-reactive ketones (excluding diaryl/α,β-unsaturated/α-hetero) is 1. The summed E-state index contributed by atoms with van der Waals surface area (Å²) in [4.78, 5) is 24.8. The molecule has 0 aromatic heterocycles. The molecule has 6 nitrogen and oxygen atoms in total. The highest BCUT2D eigenvalue weighted by molar-refractivity contribution is 8.02. The van der Waals surface area contributed by atoms with Gasteiger partial charge in [0.15, 0.2) is 20.8 Å². The first-order chi connectivity index (χ1) is 13.4. The number of carbonyl (C=O) groups is 2. The molecule has 0 saturated heterocycles. The Labute approximate surface area is 163 Å². The van der Waals surface area contributed by atoms with Crippen molar-refractivity contribution < 1.29 is 27.5 Å². The van der Waals surface area contributed by atoms with E-state index in [1.54, 1.807) is 67.6 Å². The van der Waals surface area contributed by atoms with Crippen LogP contribution in [0.25, 0.3) is 4.91 Å². The highest BCUT2D eigenvalue weighted by atomic mass is 32.2. The van der Waals surface area contributed by atoms with Gasteiger partial charge in [0.1, 0.15) is 11.0 Å². The zero-order valence-electron chi connectivity index (χ0n) is 15.5. The summed E-state index contributed by atoms with van der Waals surface area (Å²) in [6, 6.07) is 16.3. The molecule has 0 amide bonds. The van der Waals surface area contributed by atoms with Gasteiger partial charge in [-0.1, -0.05) is 67.6 Å². The molecule has 1 heterocycles. The SMILES string of the molecule is CCC(C)OC(=O)OC1=C(c2ccccc2)S(=O)(=O)C(c2ccccc2)C1=O. The average molecular weight is 400 g/mol. The van der Waals surface area contributed by atoms with E-state index in [1.807, 2.05) is 6.92 Å². The molecule has 1 aliphatic rings. The number of hydrogen-bond acceptors (Lipinski definition) is 6. The predicted octanol–water partition coefficient (Wildman–Crippen LogP) is 4.05. The van der Waals surface area contributed by atoms with Crippen LogP contribution in [-0.4, -0.2) is 26.5 Å². The van der Waals surface area contributed by atoms with Crippen molar-refractivity contribution in [2.75, 3.05) is 0 Å². The van der Waals surface area contributed by atoms with Gasteiger partial charge in [0.2, 0.25) is 5.78 Å². The lowest BCUT2D eigenvalue weighted by Gasteiger charge is -2.11. The van der Waals surface area contributed by atoms with Crippen LogP contribution < -0.4 is 0 Å². The fourth-order valence-corrected chi connectivity index (χ4v) is 4.92. The molecule has 0 N–H and O–H groups in total. The number of ketones is 1. The Hall–Kier alpha value is -2.93. The maximum absolute atomic E-state index is 13.3. The van der Waals surface area contributed by atoms with Gasteiger partial charge in [-0.05, 0) is 24.5 Å². The third-order valence-electron chi connectivity index (χ3n) is 4.46. The molecule has 28 heavy (non-hydrogen) atoms. The quantitative estimate of drug-likeness (QED) is 0.704. The molecule has 7 heteroatoms. The summed E-state index contributed by atoms with van der Waals surface area (Å²) < 4.78 is 36.7. The second-order valence-electron chi connectivity index (χ2n) is 6.41. The van der Waals surface area contributed by atoms with E-state index in [-0.39, 0.29) is 10.5 Å². The second kappa shape index (κ2) is 7.98. The minimum Gasteiger partial charge on any atom is -0.431 e. The van der Waals surface area contributed by atoms with E-state index in [4.69, 9.17) is 9.47 Å². The van der Waals surface area contributed by atoms with Gasteiger partial charge in [-0.2, -0.15) is 0 Å². The Kier molecular flexibility index (Phi) is 5.65. The van der Waals surface area contributed by atoms with Crippen LogP contribution in [-0.2, 0) is 24.1 Å². The monoisotopic (exact) mass is 400 g/mol. The number of rotatable bonds is 5. The molecule has 2 aromatic rings. The van der Waals surface area contributed by atoms with E-state index >= 15 is 0 Å². The molecule has 0 radical (unpaired) electrons. The van der Waals surface area contributed by atoms with E-state index in [0.29, 0.717) is 12.0 Å². The first-order valence-electron chi connectivity index (χ1n) is 8.87. The molecule has 0 spiro atoms.